The minimum Gasteiger partial charge on any atom is -0.535 e. The molecule has 1 radical (unpaired) electrons. The Morgan fingerprint density at radius 1 is 0.278 bits per heavy atom. The molecule has 0 fully saturated rings. The first-order chi connectivity index (χ1) is 44.6. The van der Waals surface area contributed by atoms with E-state index in [1.54, 1.807) is 0 Å². The van der Waals surface area contributed by atoms with Gasteiger partial charge >= 0.3 is 7.69 Å². The van der Waals surface area contributed by atoms with E-state index in [1.807, 2.05) is 54.6 Å². The minimum absolute atomic E-state index is 0.511. The Hall–Kier alpha value is -11.0. The average molecular weight is 1220 g/mol. The fraction of sp³-hybridized carbons (Fsp3) is 0. The lowest BCUT2D eigenvalue weighted by atomic mass is 9.85. The van der Waals surface area contributed by atoms with Crippen LogP contribution in [0.25, 0.3) is 164 Å². The fourth-order valence-corrected chi connectivity index (χ4v) is 13.9. The Balaban J connectivity index is 0.000000118. The summed E-state index contributed by atoms with van der Waals surface area (Å²) in [5.74, 6) is 0.511. The summed E-state index contributed by atoms with van der Waals surface area (Å²) < 4.78 is 18.7. The summed E-state index contributed by atoms with van der Waals surface area (Å²) in [6, 6.07) is 111. The Morgan fingerprint density at radius 2 is 0.578 bits per heavy atom. The Labute approximate surface area is 528 Å². The summed E-state index contributed by atoms with van der Waals surface area (Å²) in [6.45, 7) is 0. The maximum atomic E-state index is 8.94. The summed E-state index contributed by atoms with van der Waals surface area (Å²) in [7, 11) is 0.677. The first-order valence-corrected chi connectivity index (χ1v) is 31.0. The van der Waals surface area contributed by atoms with E-state index in [0.717, 1.165) is 59.3 Å². The molecular formula is C84H53BBrO4. The molecule has 0 aliphatic rings. The standard InChI is InChI=1S/C42H26O.C26H17Br.C16H10BO3/c1-2-12-28(13-3-1)39-32-16-6-8-18-34(32)40(35-19-9-7-17-33(35)39)29-24-22-27(23-25-29)37-26-30-14-4-5-15-31(30)41-36-20-10-11-21-38(36)43-42(37)41;27-20-16-14-19(15-17-20)26-23-12-6-4-10-21(23)25(18-8-2-1-3-9-18)22-11-5-7-13-24(22)26;18-17-20-14-9-10-5-1-2-6-11(10)15-12-7-3-4-8-13(12)19-16(14)15/h1-26H;1-17H;1-9,18H. The van der Waals surface area contributed by atoms with Gasteiger partial charge < -0.3 is 18.5 Å². The van der Waals surface area contributed by atoms with E-state index in [1.165, 1.54) is 104 Å². The zero-order valence-electron chi connectivity index (χ0n) is 48.6. The SMILES string of the molecule is Brc1ccc(-c2c3ccccc3c(-c3ccccc3)c3ccccc23)cc1.O[B]Oc1cc2ccccc2c2c1oc1ccccc12.c1ccc(-c2c3ccccc3c(-c3ccc(-c4cc5ccccc5c5c4oc4ccccc45)cc3)c3ccccc23)cc1. The van der Waals surface area contributed by atoms with E-state index < -0.39 is 0 Å². The molecule has 1 N–H and O–H groups in total. The van der Waals surface area contributed by atoms with Crippen molar-refractivity contribution in [1.82, 2.24) is 0 Å². The molecule has 0 saturated heterocycles. The topological polar surface area (TPSA) is 55.7 Å². The van der Waals surface area contributed by atoms with Crippen LogP contribution in [0.15, 0.2) is 329 Å². The molecule has 0 aliphatic carbocycles. The number of rotatable bonds is 7. The van der Waals surface area contributed by atoms with Gasteiger partial charge in [-0.05, 0) is 151 Å². The van der Waals surface area contributed by atoms with Crippen molar-refractivity contribution >= 4 is 132 Å². The van der Waals surface area contributed by atoms with Crippen molar-refractivity contribution in [3.63, 3.8) is 0 Å². The normalized spacial score (nSPS) is 11.4. The van der Waals surface area contributed by atoms with Gasteiger partial charge in [-0.2, -0.15) is 0 Å². The van der Waals surface area contributed by atoms with Crippen LogP contribution in [0.5, 0.6) is 5.75 Å². The summed E-state index contributed by atoms with van der Waals surface area (Å²) >= 11 is 3.56. The smallest absolute Gasteiger partial charge is 0.535 e. The molecule has 90 heavy (non-hydrogen) atoms. The lowest BCUT2D eigenvalue weighted by molar-refractivity contribution is 0.451. The molecule has 423 valence electrons. The molecule has 0 amide bonds. The van der Waals surface area contributed by atoms with Crippen LogP contribution in [0, 0.1) is 0 Å². The third-order valence-electron chi connectivity index (χ3n) is 17.5. The highest BCUT2D eigenvalue weighted by Crippen LogP contribution is 2.48. The molecule has 0 unspecified atom stereocenters. The molecule has 0 spiro atoms. The van der Waals surface area contributed by atoms with Gasteiger partial charge in [-0.15, -0.1) is 0 Å². The van der Waals surface area contributed by atoms with Crippen LogP contribution in [0.1, 0.15) is 0 Å². The van der Waals surface area contributed by atoms with Gasteiger partial charge in [0.2, 0.25) is 0 Å². The van der Waals surface area contributed by atoms with Crippen molar-refractivity contribution in [3.8, 4) is 61.4 Å². The lowest BCUT2D eigenvalue weighted by Crippen LogP contribution is -1.99. The maximum Gasteiger partial charge on any atom is 0.569 e. The highest BCUT2D eigenvalue weighted by atomic mass is 79.9. The number of halogens is 1. The molecular weight excluding hydrogens is 1160 g/mol. The van der Waals surface area contributed by atoms with Gasteiger partial charge in [-0.1, -0.05) is 295 Å². The molecule has 0 bridgehead atoms. The van der Waals surface area contributed by atoms with Crippen molar-refractivity contribution in [3.05, 3.63) is 320 Å². The maximum absolute atomic E-state index is 8.94. The first-order valence-electron chi connectivity index (χ1n) is 30.2. The molecule has 2 aromatic heterocycles. The van der Waals surface area contributed by atoms with E-state index >= 15 is 0 Å². The van der Waals surface area contributed by atoms with Gasteiger partial charge in [0.15, 0.2) is 5.58 Å². The van der Waals surface area contributed by atoms with Crippen molar-refractivity contribution in [2.45, 2.75) is 0 Å². The zero-order valence-corrected chi connectivity index (χ0v) is 50.2. The van der Waals surface area contributed by atoms with Gasteiger partial charge in [0.1, 0.15) is 22.5 Å². The molecule has 6 heteroatoms. The van der Waals surface area contributed by atoms with Crippen LogP contribution in [-0.4, -0.2) is 12.7 Å². The van der Waals surface area contributed by atoms with Gasteiger partial charge in [-0.25, -0.2) is 0 Å². The van der Waals surface area contributed by atoms with Crippen LogP contribution in [0.3, 0.4) is 0 Å². The van der Waals surface area contributed by atoms with Gasteiger partial charge in [0, 0.05) is 31.6 Å². The Bertz CT molecular complexity index is 5630. The molecule has 16 aromatic carbocycles. The number of fused-ring (bicyclic) bond motifs is 14. The molecule has 0 aliphatic heterocycles. The Kier molecular flexibility index (Phi) is 14.1. The van der Waals surface area contributed by atoms with Crippen molar-refractivity contribution in [2.24, 2.45) is 0 Å². The van der Waals surface area contributed by atoms with E-state index in [2.05, 4.69) is 277 Å². The molecule has 4 nitrogen and oxygen atoms in total. The minimum atomic E-state index is 0.511. The summed E-state index contributed by atoms with van der Waals surface area (Å²) in [5, 5.41) is 28.1. The van der Waals surface area contributed by atoms with Crippen molar-refractivity contribution < 1.29 is 18.5 Å². The first kappa shape index (κ1) is 54.4. The van der Waals surface area contributed by atoms with Gasteiger partial charge in [0.25, 0.3) is 0 Å². The number of hydrogen-bond acceptors (Lipinski definition) is 4. The summed E-state index contributed by atoms with van der Waals surface area (Å²) in [6.07, 6.45) is 0. The van der Waals surface area contributed by atoms with Crippen molar-refractivity contribution in [2.75, 3.05) is 0 Å². The second-order valence-electron chi connectivity index (χ2n) is 22.6. The quantitative estimate of drug-likeness (QED) is 0.128. The largest absolute Gasteiger partial charge is 0.569 e. The third-order valence-corrected chi connectivity index (χ3v) is 18.0. The van der Waals surface area contributed by atoms with Crippen LogP contribution in [0.2, 0.25) is 0 Å². The molecule has 0 atom stereocenters. The fourth-order valence-electron chi connectivity index (χ4n) is 13.6. The highest BCUT2D eigenvalue weighted by molar-refractivity contribution is 9.10. The summed E-state index contributed by atoms with van der Waals surface area (Å²) in [4.78, 5) is 0. The number of furan rings is 2. The highest BCUT2D eigenvalue weighted by Gasteiger charge is 2.21. The van der Waals surface area contributed by atoms with Gasteiger partial charge in [-0.3, -0.25) is 0 Å². The van der Waals surface area contributed by atoms with E-state index in [0.29, 0.717) is 19.0 Å². The predicted molar refractivity (Wildman–Crippen MR) is 382 cm³/mol. The summed E-state index contributed by atoms with van der Waals surface area (Å²) in [5.41, 5.74) is 15.7. The number of benzene rings is 16. The monoisotopic (exact) mass is 1220 g/mol. The predicted octanol–water partition coefficient (Wildman–Crippen LogP) is 23.8. The molecule has 2 heterocycles. The Morgan fingerprint density at radius 3 is 0.989 bits per heavy atom. The van der Waals surface area contributed by atoms with Crippen LogP contribution < -0.4 is 4.65 Å². The van der Waals surface area contributed by atoms with E-state index in [-0.39, 0.29) is 0 Å². The van der Waals surface area contributed by atoms with Crippen LogP contribution >= 0.6 is 15.9 Å². The molecule has 18 aromatic rings. The van der Waals surface area contributed by atoms with Crippen molar-refractivity contribution in [1.29, 1.82) is 0 Å². The second-order valence-corrected chi connectivity index (χ2v) is 23.5. The molecule has 18 rings (SSSR count). The lowest BCUT2D eigenvalue weighted by Gasteiger charge is -2.18. The second kappa shape index (κ2) is 23.3. The third kappa shape index (κ3) is 9.53. The van der Waals surface area contributed by atoms with E-state index in [9.17, 15) is 0 Å². The van der Waals surface area contributed by atoms with E-state index in [4.69, 9.17) is 18.5 Å². The average Bonchev–Trinajstić information content (AvgIpc) is 1.15. The van der Waals surface area contributed by atoms with Crippen LogP contribution in [0.4, 0.5) is 0 Å². The molecule has 0 saturated carbocycles. The number of hydrogen-bond donors (Lipinski definition) is 1. The van der Waals surface area contributed by atoms with Gasteiger partial charge in [0.05, 0.1) is 0 Å². The number of para-hydroxylation sites is 2. The van der Waals surface area contributed by atoms with Crippen LogP contribution in [-0.2, 0) is 0 Å². The zero-order chi connectivity index (χ0) is 60.1.